The molecule has 138 valence electrons. The average molecular weight is 372 g/mol. The molecule has 1 aliphatic carbocycles. The molecule has 0 spiro atoms. The Bertz CT molecular complexity index is 857. The number of hydrogen-bond acceptors (Lipinski definition) is 4. The molecule has 5 nitrogen and oxygen atoms in total. The Hall–Kier alpha value is -2.34. The molecule has 0 radical (unpaired) electrons. The summed E-state index contributed by atoms with van der Waals surface area (Å²) in [6.07, 6.45) is 2.79. The molecule has 1 aromatic carbocycles. The zero-order valence-corrected chi connectivity index (χ0v) is 16.2. The van der Waals surface area contributed by atoms with Gasteiger partial charge in [-0.05, 0) is 56.2 Å². The molecule has 2 amide bonds. The van der Waals surface area contributed by atoms with E-state index in [4.69, 9.17) is 10.5 Å². The van der Waals surface area contributed by atoms with Gasteiger partial charge in [0.2, 0.25) is 0 Å². The second-order valence-electron chi connectivity index (χ2n) is 7.03. The van der Waals surface area contributed by atoms with E-state index in [9.17, 15) is 9.59 Å². The van der Waals surface area contributed by atoms with E-state index in [1.54, 1.807) is 0 Å². The molecular weight excluding hydrogens is 348 g/mol. The fourth-order valence-corrected chi connectivity index (χ4v) is 4.80. The van der Waals surface area contributed by atoms with Crippen LogP contribution in [0.3, 0.4) is 0 Å². The van der Waals surface area contributed by atoms with Crippen molar-refractivity contribution < 1.29 is 14.3 Å². The zero-order chi connectivity index (χ0) is 18.8. The first-order chi connectivity index (χ1) is 12.3. The third-order valence-corrected chi connectivity index (χ3v) is 5.87. The Morgan fingerprint density at radius 3 is 2.81 bits per heavy atom. The lowest BCUT2D eigenvalue weighted by Crippen LogP contribution is -2.23. The SMILES string of the molecule is Cc1ccc(OCC(=O)Nc2sc3c(c2C(N)=O)CCC(C)C3)c(C)c1. The summed E-state index contributed by atoms with van der Waals surface area (Å²) in [7, 11) is 0. The summed E-state index contributed by atoms with van der Waals surface area (Å²) in [5.41, 5.74) is 9.18. The molecule has 1 atom stereocenters. The number of aryl methyl sites for hydroxylation is 2. The standard InChI is InChI=1S/C20H24N2O3S/c1-11-5-7-15(13(3)8-11)25-10-17(23)22-20-18(19(21)24)14-6-4-12(2)9-16(14)26-20/h5,7-8,12H,4,6,9-10H2,1-3H3,(H2,21,24)(H,22,23). The topological polar surface area (TPSA) is 81.4 Å². The van der Waals surface area contributed by atoms with Gasteiger partial charge in [-0.2, -0.15) is 0 Å². The van der Waals surface area contributed by atoms with Crippen LogP contribution < -0.4 is 15.8 Å². The minimum Gasteiger partial charge on any atom is -0.483 e. The van der Waals surface area contributed by atoms with E-state index in [0.29, 0.717) is 22.2 Å². The minimum atomic E-state index is -0.484. The van der Waals surface area contributed by atoms with Gasteiger partial charge in [0, 0.05) is 4.88 Å². The highest BCUT2D eigenvalue weighted by Crippen LogP contribution is 2.39. The summed E-state index contributed by atoms with van der Waals surface area (Å²) in [5.74, 6) is 0.486. The van der Waals surface area contributed by atoms with Crippen molar-refractivity contribution in [3.8, 4) is 5.75 Å². The van der Waals surface area contributed by atoms with Gasteiger partial charge in [0.05, 0.1) is 5.56 Å². The van der Waals surface area contributed by atoms with Crippen LogP contribution in [-0.4, -0.2) is 18.4 Å². The third-order valence-electron chi connectivity index (χ3n) is 4.70. The molecule has 26 heavy (non-hydrogen) atoms. The number of nitrogens with one attached hydrogen (secondary N) is 1. The molecule has 0 aliphatic heterocycles. The van der Waals surface area contributed by atoms with Crippen molar-refractivity contribution in [1.82, 2.24) is 0 Å². The molecule has 0 bridgehead atoms. The van der Waals surface area contributed by atoms with Crippen LogP contribution in [-0.2, 0) is 17.6 Å². The van der Waals surface area contributed by atoms with E-state index in [1.165, 1.54) is 11.3 Å². The number of carbonyl (C=O) groups is 2. The van der Waals surface area contributed by atoms with Crippen molar-refractivity contribution in [3.05, 3.63) is 45.3 Å². The van der Waals surface area contributed by atoms with Gasteiger partial charge in [-0.1, -0.05) is 24.6 Å². The van der Waals surface area contributed by atoms with Crippen LogP contribution in [0, 0.1) is 19.8 Å². The highest BCUT2D eigenvalue weighted by molar-refractivity contribution is 7.17. The van der Waals surface area contributed by atoms with Gasteiger partial charge in [0.1, 0.15) is 10.8 Å². The monoisotopic (exact) mass is 372 g/mol. The number of carbonyl (C=O) groups excluding carboxylic acids is 2. The number of benzene rings is 1. The fraction of sp³-hybridized carbons (Fsp3) is 0.400. The van der Waals surface area contributed by atoms with Crippen LogP contribution >= 0.6 is 11.3 Å². The molecular formula is C20H24N2O3S. The van der Waals surface area contributed by atoms with Crippen molar-refractivity contribution in [2.45, 2.75) is 40.0 Å². The van der Waals surface area contributed by atoms with Gasteiger partial charge in [-0.15, -0.1) is 11.3 Å². The minimum absolute atomic E-state index is 0.110. The Morgan fingerprint density at radius 2 is 2.12 bits per heavy atom. The summed E-state index contributed by atoms with van der Waals surface area (Å²) in [5, 5.41) is 3.37. The Morgan fingerprint density at radius 1 is 1.35 bits per heavy atom. The van der Waals surface area contributed by atoms with Crippen LogP contribution in [0.4, 0.5) is 5.00 Å². The van der Waals surface area contributed by atoms with E-state index in [2.05, 4.69) is 12.2 Å². The first-order valence-electron chi connectivity index (χ1n) is 8.79. The Labute approximate surface area is 157 Å². The van der Waals surface area contributed by atoms with Crippen molar-refractivity contribution in [3.63, 3.8) is 0 Å². The van der Waals surface area contributed by atoms with E-state index in [1.807, 2.05) is 32.0 Å². The molecule has 3 rings (SSSR count). The second-order valence-corrected chi connectivity index (χ2v) is 8.13. The number of nitrogens with two attached hydrogens (primary N) is 1. The first-order valence-corrected chi connectivity index (χ1v) is 9.61. The molecule has 0 saturated heterocycles. The summed E-state index contributed by atoms with van der Waals surface area (Å²) in [4.78, 5) is 25.4. The van der Waals surface area contributed by atoms with E-state index in [-0.39, 0.29) is 12.5 Å². The fourth-order valence-electron chi connectivity index (χ4n) is 3.37. The maximum Gasteiger partial charge on any atom is 0.262 e. The number of amides is 2. The molecule has 1 aliphatic rings. The highest BCUT2D eigenvalue weighted by atomic mass is 32.1. The smallest absolute Gasteiger partial charge is 0.262 e. The Balaban J connectivity index is 1.72. The van der Waals surface area contributed by atoms with Gasteiger partial charge in [-0.3, -0.25) is 9.59 Å². The van der Waals surface area contributed by atoms with Crippen molar-refractivity contribution in [1.29, 1.82) is 0 Å². The van der Waals surface area contributed by atoms with Crippen molar-refractivity contribution in [2.75, 3.05) is 11.9 Å². The largest absolute Gasteiger partial charge is 0.483 e. The maximum absolute atomic E-state index is 12.3. The molecule has 0 fully saturated rings. The lowest BCUT2D eigenvalue weighted by Gasteiger charge is -2.18. The number of ether oxygens (including phenoxy) is 1. The predicted molar refractivity (Wildman–Crippen MR) is 104 cm³/mol. The third kappa shape index (κ3) is 3.90. The number of hydrogen-bond donors (Lipinski definition) is 2. The number of primary amides is 1. The maximum atomic E-state index is 12.3. The van der Waals surface area contributed by atoms with Gasteiger partial charge < -0.3 is 15.8 Å². The van der Waals surface area contributed by atoms with Gasteiger partial charge >= 0.3 is 0 Å². The summed E-state index contributed by atoms with van der Waals surface area (Å²) >= 11 is 1.46. The Kier molecular flexibility index (Phi) is 5.32. The van der Waals surface area contributed by atoms with Crippen LogP contribution in [0.15, 0.2) is 18.2 Å². The molecule has 3 N–H and O–H groups in total. The van der Waals surface area contributed by atoms with Gasteiger partial charge in [-0.25, -0.2) is 0 Å². The molecule has 1 aromatic heterocycles. The number of rotatable bonds is 5. The van der Waals surface area contributed by atoms with Gasteiger partial charge in [0.15, 0.2) is 6.61 Å². The lowest BCUT2D eigenvalue weighted by atomic mass is 9.88. The van der Waals surface area contributed by atoms with E-state index in [0.717, 1.165) is 40.8 Å². The first kappa shape index (κ1) is 18.5. The summed E-state index contributed by atoms with van der Waals surface area (Å²) in [6.45, 7) is 6.04. The van der Waals surface area contributed by atoms with E-state index >= 15 is 0 Å². The number of fused-ring (bicyclic) bond motifs is 1. The summed E-state index contributed by atoms with van der Waals surface area (Å²) < 4.78 is 5.62. The van der Waals surface area contributed by atoms with E-state index < -0.39 is 5.91 Å². The van der Waals surface area contributed by atoms with Crippen molar-refractivity contribution in [2.24, 2.45) is 11.7 Å². The van der Waals surface area contributed by atoms with Gasteiger partial charge in [0.25, 0.3) is 11.8 Å². The normalized spacial score (nSPS) is 16.0. The quantitative estimate of drug-likeness (QED) is 0.841. The zero-order valence-electron chi connectivity index (χ0n) is 15.3. The molecule has 6 heteroatoms. The number of anilines is 1. The second kappa shape index (κ2) is 7.50. The predicted octanol–water partition coefficient (Wildman–Crippen LogP) is 3.61. The molecule has 0 saturated carbocycles. The lowest BCUT2D eigenvalue weighted by molar-refractivity contribution is -0.118. The van der Waals surface area contributed by atoms with Crippen LogP contribution in [0.5, 0.6) is 5.75 Å². The van der Waals surface area contributed by atoms with Crippen LogP contribution in [0.1, 0.15) is 45.3 Å². The number of thiophene rings is 1. The molecule has 1 unspecified atom stereocenters. The van der Waals surface area contributed by atoms with Crippen LogP contribution in [0.2, 0.25) is 0 Å². The van der Waals surface area contributed by atoms with Crippen molar-refractivity contribution >= 4 is 28.2 Å². The average Bonchev–Trinajstić information content (AvgIpc) is 2.90. The highest BCUT2D eigenvalue weighted by Gasteiger charge is 2.27. The molecule has 1 heterocycles. The van der Waals surface area contributed by atoms with Crippen LogP contribution in [0.25, 0.3) is 0 Å². The molecule has 2 aromatic rings. The summed E-state index contributed by atoms with van der Waals surface area (Å²) in [6, 6.07) is 5.81.